The predicted molar refractivity (Wildman–Crippen MR) is 92.3 cm³/mol. The zero-order valence-corrected chi connectivity index (χ0v) is 15.4. The Labute approximate surface area is 140 Å². The van der Waals surface area contributed by atoms with Gasteiger partial charge in [0.25, 0.3) is 0 Å². The Morgan fingerprint density at radius 1 is 1.40 bits per heavy atom. The molecule has 4 heteroatoms. The first-order valence-electron chi connectivity index (χ1n) is 6.90. The molecule has 0 fully saturated rings. The molecule has 2 nitrogen and oxygen atoms in total. The van der Waals surface area contributed by atoms with Crippen LogP contribution >= 0.6 is 34.2 Å². The molecule has 1 unspecified atom stereocenters. The van der Waals surface area contributed by atoms with Gasteiger partial charge in [0.05, 0.1) is 0 Å². The third kappa shape index (κ3) is 5.60. The van der Waals surface area contributed by atoms with Crippen LogP contribution in [-0.2, 0) is 9.53 Å². The van der Waals surface area contributed by atoms with Gasteiger partial charge in [0.15, 0.2) is 0 Å². The molecule has 0 amide bonds. The summed E-state index contributed by atoms with van der Waals surface area (Å²) in [6.07, 6.45) is 2.16. The van der Waals surface area contributed by atoms with Crippen LogP contribution in [0.4, 0.5) is 0 Å². The van der Waals surface area contributed by atoms with Gasteiger partial charge in [-0.15, -0.1) is 0 Å². The number of carbonyl (C=O) groups is 1. The summed E-state index contributed by atoms with van der Waals surface area (Å²) in [6, 6.07) is 5.92. The molecule has 0 bridgehead atoms. The second-order valence-electron chi connectivity index (χ2n) is 5.87. The Bertz CT molecular complexity index is 446. The fourth-order valence-corrected chi connectivity index (χ4v) is 3.56. The third-order valence-electron chi connectivity index (χ3n) is 3.02. The average molecular weight is 409 g/mol. The molecule has 0 saturated heterocycles. The van der Waals surface area contributed by atoms with Crippen molar-refractivity contribution in [3.63, 3.8) is 0 Å². The van der Waals surface area contributed by atoms with Crippen molar-refractivity contribution in [1.82, 2.24) is 0 Å². The van der Waals surface area contributed by atoms with E-state index in [4.69, 9.17) is 16.3 Å². The van der Waals surface area contributed by atoms with Crippen LogP contribution in [0.15, 0.2) is 18.2 Å². The van der Waals surface area contributed by atoms with Crippen molar-refractivity contribution >= 4 is 40.2 Å². The maximum atomic E-state index is 11.8. The molecular formula is C16H22ClIO2. The summed E-state index contributed by atoms with van der Waals surface area (Å²) < 4.78 is 6.51. The lowest BCUT2D eigenvalue weighted by Crippen LogP contribution is -2.24. The molecule has 112 valence electrons. The highest BCUT2D eigenvalue weighted by atomic mass is 127. The fourth-order valence-electron chi connectivity index (χ4n) is 2.14. The first kappa shape index (κ1) is 17.8. The molecule has 1 aromatic rings. The zero-order chi connectivity index (χ0) is 15.3. The minimum absolute atomic E-state index is 0.141. The molecule has 0 radical (unpaired) electrons. The van der Waals surface area contributed by atoms with Crippen LogP contribution in [0.3, 0.4) is 0 Å². The number of ether oxygens (including phenoxy) is 1. The van der Waals surface area contributed by atoms with E-state index < -0.39 is 5.60 Å². The van der Waals surface area contributed by atoms with E-state index in [9.17, 15) is 4.79 Å². The lowest BCUT2D eigenvalue weighted by atomic mass is 9.92. The lowest BCUT2D eigenvalue weighted by Gasteiger charge is -2.21. The van der Waals surface area contributed by atoms with Gasteiger partial charge in [-0.3, -0.25) is 4.79 Å². The van der Waals surface area contributed by atoms with Crippen LogP contribution in [0, 0.1) is 3.57 Å². The standard InChI is InChI=1S/C16H22ClIO2/c1-5-11(9-10-14(19)20-16(2,3)4)15-12(17)7-6-8-13(15)18/h6-8,11H,5,9-10H2,1-4H3. The van der Waals surface area contributed by atoms with Crippen molar-refractivity contribution < 1.29 is 9.53 Å². The number of rotatable bonds is 5. The van der Waals surface area contributed by atoms with Gasteiger partial charge in [-0.05, 0) is 79.8 Å². The normalized spacial score (nSPS) is 13.1. The molecule has 1 rings (SSSR count). The van der Waals surface area contributed by atoms with Gasteiger partial charge in [-0.2, -0.15) is 0 Å². The first-order valence-corrected chi connectivity index (χ1v) is 8.36. The van der Waals surface area contributed by atoms with E-state index in [0.29, 0.717) is 12.3 Å². The quantitative estimate of drug-likeness (QED) is 0.471. The fraction of sp³-hybridized carbons (Fsp3) is 0.562. The van der Waals surface area contributed by atoms with E-state index in [2.05, 4.69) is 35.6 Å². The Kier molecular flexibility index (Phi) is 6.79. The molecular weight excluding hydrogens is 387 g/mol. The molecule has 0 N–H and O–H groups in total. The third-order valence-corrected chi connectivity index (χ3v) is 4.29. The molecule has 0 aliphatic carbocycles. The van der Waals surface area contributed by atoms with E-state index in [1.54, 1.807) is 0 Å². The minimum atomic E-state index is -0.419. The van der Waals surface area contributed by atoms with Gasteiger partial charge in [0.2, 0.25) is 0 Å². The predicted octanol–water partition coefficient (Wildman–Crippen LogP) is 5.56. The van der Waals surface area contributed by atoms with E-state index in [1.165, 1.54) is 0 Å². The first-order chi connectivity index (χ1) is 9.24. The number of esters is 1. The largest absolute Gasteiger partial charge is 0.460 e. The Morgan fingerprint density at radius 3 is 2.55 bits per heavy atom. The van der Waals surface area contributed by atoms with Crippen molar-refractivity contribution in [2.75, 3.05) is 0 Å². The molecule has 0 spiro atoms. The number of halogens is 2. The Balaban J connectivity index is 2.71. The second kappa shape index (κ2) is 7.64. The molecule has 0 aliphatic heterocycles. The van der Waals surface area contributed by atoms with Crippen LogP contribution in [-0.4, -0.2) is 11.6 Å². The monoisotopic (exact) mass is 408 g/mol. The summed E-state index contributed by atoms with van der Waals surface area (Å²) in [5.41, 5.74) is 0.735. The van der Waals surface area contributed by atoms with E-state index >= 15 is 0 Å². The van der Waals surface area contributed by atoms with E-state index in [0.717, 1.165) is 27.0 Å². The van der Waals surface area contributed by atoms with Crippen LogP contribution in [0.2, 0.25) is 5.02 Å². The van der Waals surface area contributed by atoms with Crippen LogP contribution in [0.25, 0.3) is 0 Å². The number of benzene rings is 1. The van der Waals surface area contributed by atoms with Gasteiger partial charge in [0, 0.05) is 15.0 Å². The molecule has 0 aliphatic rings. The van der Waals surface area contributed by atoms with Gasteiger partial charge in [0.1, 0.15) is 5.60 Å². The maximum absolute atomic E-state index is 11.8. The summed E-state index contributed by atoms with van der Waals surface area (Å²) in [5, 5.41) is 0.785. The number of hydrogen-bond donors (Lipinski definition) is 0. The van der Waals surface area contributed by atoms with Gasteiger partial charge < -0.3 is 4.74 Å². The molecule has 1 atom stereocenters. The molecule has 20 heavy (non-hydrogen) atoms. The number of hydrogen-bond acceptors (Lipinski definition) is 2. The zero-order valence-electron chi connectivity index (χ0n) is 12.5. The molecule has 0 heterocycles. The Hall–Kier alpha value is -0.290. The van der Waals surface area contributed by atoms with E-state index in [-0.39, 0.29) is 5.97 Å². The minimum Gasteiger partial charge on any atom is -0.460 e. The molecule has 1 aromatic carbocycles. The highest BCUT2D eigenvalue weighted by molar-refractivity contribution is 14.1. The summed E-state index contributed by atoms with van der Waals surface area (Å²) in [4.78, 5) is 11.8. The maximum Gasteiger partial charge on any atom is 0.306 e. The van der Waals surface area contributed by atoms with Crippen molar-refractivity contribution in [1.29, 1.82) is 0 Å². The topological polar surface area (TPSA) is 26.3 Å². The molecule has 0 saturated carbocycles. The summed E-state index contributed by atoms with van der Waals surface area (Å²) in [6.45, 7) is 7.79. The number of carbonyl (C=O) groups excluding carboxylic acids is 1. The SMILES string of the molecule is CCC(CCC(=O)OC(C)(C)C)c1c(Cl)cccc1I. The van der Waals surface area contributed by atoms with Crippen molar-refractivity contribution in [2.45, 2.75) is 58.5 Å². The summed E-state index contributed by atoms with van der Waals surface area (Å²) in [7, 11) is 0. The average Bonchev–Trinajstić information content (AvgIpc) is 2.30. The summed E-state index contributed by atoms with van der Waals surface area (Å²) >= 11 is 8.61. The van der Waals surface area contributed by atoms with Crippen LogP contribution in [0.5, 0.6) is 0 Å². The highest BCUT2D eigenvalue weighted by Gasteiger charge is 2.20. The van der Waals surface area contributed by atoms with Gasteiger partial charge in [-0.25, -0.2) is 0 Å². The lowest BCUT2D eigenvalue weighted by molar-refractivity contribution is -0.155. The van der Waals surface area contributed by atoms with Crippen molar-refractivity contribution in [3.05, 3.63) is 32.4 Å². The smallest absolute Gasteiger partial charge is 0.306 e. The highest BCUT2D eigenvalue weighted by Crippen LogP contribution is 2.34. The van der Waals surface area contributed by atoms with Gasteiger partial charge >= 0.3 is 5.97 Å². The van der Waals surface area contributed by atoms with Crippen LogP contribution < -0.4 is 0 Å². The Morgan fingerprint density at radius 2 is 2.05 bits per heavy atom. The van der Waals surface area contributed by atoms with Crippen molar-refractivity contribution in [3.8, 4) is 0 Å². The molecule has 0 aromatic heterocycles. The second-order valence-corrected chi connectivity index (χ2v) is 7.44. The summed E-state index contributed by atoms with van der Waals surface area (Å²) in [5.74, 6) is 0.154. The van der Waals surface area contributed by atoms with E-state index in [1.807, 2.05) is 32.9 Å². The van der Waals surface area contributed by atoms with Crippen LogP contribution in [0.1, 0.15) is 58.4 Å². The van der Waals surface area contributed by atoms with Gasteiger partial charge in [-0.1, -0.05) is 24.6 Å². The van der Waals surface area contributed by atoms with Crippen molar-refractivity contribution in [2.24, 2.45) is 0 Å².